The van der Waals surface area contributed by atoms with E-state index in [0.29, 0.717) is 0 Å². The van der Waals surface area contributed by atoms with E-state index in [1.807, 2.05) is 60.8 Å². The maximum absolute atomic E-state index is 13.8. The first-order valence-electron chi connectivity index (χ1n) is 14.0. The lowest BCUT2D eigenvalue weighted by Crippen LogP contribution is -2.34. The molecule has 0 saturated carbocycles. The first-order valence-corrected chi connectivity index (χ1v) is 15.1. The van der Waals surface area contributed by atoms with Gasteiger partial charge in [-0.3, -0.25) is 9.59 Å². The van der Waals surface area contributed by atoms with Crippen molar-refractivity contribution in [3.63, 3.8) is 0 Å². The minimum atomic E-state index is -0.402. The predicted molar refractivity (Wildman–Crippen MR) is 188 cm³/mol. The van der Waals surface area contributed by atoms with Crippen LogP contribution >= 0.6 is 36.0 Å². The van der Waals surface area contributed by atoms with Gasteiger partial charge in [-0.2, -0.15) is 0 Å². The molecular formula is C32H50ClF2N5O2S2. The standard InChI is InChI=1S/C16H23FN2OS.C14H18ClFO.CH5N3S.CH4/c1-9(2)12-5-11(17)6-13(10(3)4)14(12)7-16(20)19-8-15(18)21;1-8(2)11-5-10(16)6-12(9(3)4)13(11)7-14(15)17;2-1(5)4-3;/h5-6,9-10H,7-8H2,1-4H3,(H2,18,21)(H,19,20);5-6,8-9H,7H2,1-4H3;3H2,(H3,2,4,5);1H4. The second-order valence-corrected chi connectivity index (χ2v) is 12.6. The molecular weight excluding hydrogens is 624 g/mol. The van der Waals surface area contributed by atoms with Gasteiger partial charge in [-0.15, -0.1) is 0 Å². The summed E-state index contributed by atoms with van der Waals surface area (Å²) in [5.41, 5.74) is 17.5. The summed E-state index contributed by atoms with van der Waals surface area (Å²) in [5.74, 6) is 4.65. The van der Waals surface area contributed by atoms with E-state index in [1.165, 1.54) is 24.3 Å². The number of carbonyl (C=O) groups excluding carboxylic acids is 2. The Hall–Kier alpha value is -2.73. The highest BCUT2D eigenvalue weighted by Crippen LogP contribution is 2.31. The third-order valence-electron chi connectivity index (χ3n) is 6.31. The number of carbonyl (C=O) groups is 2. The Kier molecular flexibility index (Phi) is 20.8. The monoisotopic (exact) mass is 673 g/mol. The van der Waals surface area contributed by atoms with Crippen molar-refractivity contribution >= 4 is 57.3 Å². The number of hydrogen-bond acceptors (Lipinski definition) is 5. The summed E-state index contributed by atoms with van der Waals surface area (Å²) in [6.07, 6.45) is 0.382. The van der Waals surface area contributed by atoms with E-state index in [4.69, 9.17) is 35.3 Å². The van der Waals surface area contributed by atoms with Gasteiger partial charge in [0, 0.05) is 6.42 Å². The second kappa shape index (κ2) is 21.1. The van der Waals surface area contributed by atoms with Crippen LogP contribution in [0.25, 0.3) is 0 Å². The predicted octanol–water partition coefficient (Wildman–Crippen LogP) is 6.73. The summed E-state index contributed by atoms with van der Waals surface area (Å²) in [4.78, 5) is 23.4. The fourth-order valence-electron chi connectivity index (χ4n) is 4.38. The molecule has 0 aliphatic heterocycles. The first-order chi connectivity index (χ1) is 19.8. The minimum Gasteiger partial charge on any atom is -0.392 e. The average molecular weight is 674 g/mol. The number of thiocarbonyl (C=S) groups is 2. The van der Waals surface area contributed by atoms with Gasteiger partial charge in [-0.25, -0.2) is 14.6 Å². The molecule has 0 aliphatic rings. The number of nitrogens with one attached hydrogen (secondary N) is 2. The van der Waals surface area contributed by atoms with Crippen LogP contribution in [0.2, 0.25) is 0 Å². The quantitative estimate of drug-likeness (QED) is 0.0811. The third kappa shape index (κ3) is 15.8. The highest BCUT2D eigenvalue weighted by molar-refractivity contribution is 7.80. The molecule has 248 valence electrons. The normalized spacial score (nSPS) is 10.4. The molecule has 0 spiro atoms. The maximum Gasteiger partial charge on any atom is 0.226 e. The van der Waals surface area contributed by atoms with Gasteiger partial charge in [0.2, 0.25) is 11.1 Å². The van der Waals surface area contributed by atoms with Gasteiger partial charge in [-0.1, -0.05) is 75.0 Å². The topological polar surface area (TPSA) is 136 Å². The molecule has 0 saturated heterocycles. The fraction of sp³-hybridized carbons (Fsp3) is 0.500. The zero-order chi connectivity index (χ0) is 33.6. The molecule has 44 heavy (non-hydrogen) atoms. The van der Waals surface area contributed by atoms with Crippen LogP contribution in [0, 0.1) is 11.6 Å². The molecule has 8 N–H and O–H groups in total. The zero-order valence-corrected chi connectivity index (χ0v) is 28.6. The van der Waals surface area contributed by atoms with Gasteiger partial charge >= 0.3 is 0 Å². The molecule has 7 nitrogen and oxygen atoms in total. The summed E-state index contributed by atoms with van der Waals surface area (Å²) in [6.45, 7) is 16.1. The summed E-state index contributed by atoms with van der Waals surface area (Å²) < 4.78 is 27.3. The molecule has 2 rings (SSSR count). The Morgan fingerprint density at radius 2 is 1.05 bits per heavy atom. The average Bonchev–Trinajstić information content (AvgIpc) is 2.88. The van der Waals surface area contributed by atoms with Gasteiger partial charge < -0.3 is 22.2 Å². The molecule has 0 aliphatic carbocycles. The van der Waals surface area contributed by atoms with E-state index in [1.54, 1.807) is 0 Å². The lowest BCUT2D eigenvalue weighted by Gasteiger charge is -2.20. The number of hydrazine groups is 1. The zero-order valence-electron chi connectivity index (χ0n) is 26.2. The lowest BCUT2D eigenvalue weighted by molar-refractivity contribution is -0.120. The van der Waals surface area contributed by atoms with Crippen LogP contribution in [0.4, 0.5) is 8.78 Å². The Labute approximate surface area is 278 Å². The van der Waals surface area contributed by atoms with Crippen LogP contribution in [0.1, 0.15) is 120 Å². The highest BCUT2D eigenvalue weighted by atomic mass is 35.5. The van der Waals surface area contributed by atoms with Crippen LogP contribution in [0.3, 0.4) is 0 Å². The molecule has 0 bridgehead atoms. The minimum absolute atomic E-state index is 0. The molecule has 2 aromatic carbocycles. The van der Waals surface area contributed by atoms with Crippen molar-refractivity contribution in [3.05, 3.63) is 69.3 Å². The number of hydrogen-bond donors (Lipinski definition) is 5. The molecule has 0 fully saturated rings. The second-order valence-electron chi connectivity index (χ2n) is 11.2. The van der Waals surface area contributed by atoms with Crippen molar-refractivity contribution in [2.45, 2.75) is 99.3 Å². The van der Waals surface area contributed by atoms with Crippen LogP contribution in [0.5, 0.6) is 0 Å². The van der Waals surface area contributed by atoms with Crippen molar-refractivity contribution in [1.82, 2.24) is 10.7 Å². The molecule has 12 heteroatoms. The molecule has 0 atom stereocenters. The Morgan fingerprint density at radius 3 is 1.27 bits per heavy atom. The van der Waals surface area contributed by atoms with Crippen molar-refractivity contribution in [2.24, 2.45) is 17.3 Å². The van der Waals surface area contributed by atoms with Gasteiger partial charge in [0.15, 0.2) is 5.11 Å². The maximum atomic E-state index is 13.8. The number of halogens is 3. The van der Waals surface area contributed by atoms with Crippen molar-refractivity contribution in [3.8, 4) is 0 Å². The SMILES string of the molecule is C.CC(C)c1cc(F)cc(C(C)C)c1CC(=O)Cl.CC(C)c1cc(F)cc(C(C)C)c1CC(=O)NCC(N)=S.NNC(N)=S. The van der Waals surface area contributed by atoms with E-state index >= 15 is 0 Å². The van der Waals surface area contributed by atoms with E-state index < -0.39 is 5.24 Å². The molecule has 0 heterocycles. The smallest absolute Gasteiger partial charge is 0.226 e. The Bertz CT molecular complexity index is 1210. The summed E-state index contributed by atoms with van der Waals surface area (Å²) in [6, 6.07) is 6.05. The number of rotatable bonds is 10. The van der Waals surface area contributed by atoms with Crippen LogP contribution in [-0.4, -0.2) is 27.8 Å². The van der Waals surface area contributed by atoms with Gasteiger partial charge in [0.05, 0.1) is 18.0 Å². The summed E-state index contributed by atoms with van der Waals surface area (Å²) >= 11 is 14.5. The van der Waals surface area contributed by atoms with Gasteiger partial charge in [-0.05, 0) is 105 Å². The van der Waals surface area contributed by atoms with Gasteiger partial charge in [0.1, 0.15) is 11.6 Å². The number of amides is 1. The molecule has 2 aromatic rings. The van der Waals surface area contributed by atoms with Crippen molar-refractivity contribution < 1.29 is 18.4 Å². The molecule has 1 amide bonds. The highest BCUT2D eigenvalue weighted by Gasteiger charge is 2.19. The largest absolute Gasteiger partial charge is 0.392 e. The molecule has 0 radical (unpaired) electrons. The van der Waals surface area contributed by atoms with Crippen LogP contribution < -0.4 is 28.1 Å². The van der Waals surface area contributed by atoms with E-state index in [0.717, 1.165) is 33.4 Å². The Balaban J connectivity index is 0. The van der Waals surface area contributed by atoms with Crippen LogP contribution in [-0.2, 0) is 22.4 Å². The van der Waals surface area contributed by atoms with Crippen molar-refractivity contribution in [2.75, 3.05) is 6.54 Å². The lowest BCUT2D eigenvalue weighted by atomic mass is 9.86. The molecule has 0 aromatic heterocycles. The van der Waals surface area contributed by atoms with Gasteiger partial charge in [0.25, 0.3) is 0 Å². The van der Waals surface area contributed by atoms with E-state index in [2.05, 4.69) is 23.4 Å². The number of benzene rings is 2. The third-order valence-corrected chi connectivity index (χ3v) is 6.71. The fourth-order valence-corrected chi connectivity index (χ4v) is 4.58. The molecule has 0 unspecified atom stereocenters. The Morgan fingerprint density at radius 1 is 0.750 bits per heavy atom. The van der Waals surface area contributed by atoms with E-state index in [-0.39, 0.29) is 78.1 Å². The van der Waals surface area contributed by atoms with Crippen molar-refractivity contribution in [1.29, 1.82) is 0 Å². The summed E-state index contributed by atoms with van der Waals surface area (Å²) in [7, 11) is 0. The first kappa shape index (κ1) is 43.4. The number of nitrogens with two attached hydrogens (primary N) is 3. The summed E-state index contributed by atoms with van der Waals surface area (Å²) in [5, 5.41) is 2.39. The van der Waals surface area contributed by atoms with Crippen LogP contribution in [0.15, 0.2) is 24.3 Å². The van der Waals surface area contributed by atoms with E-state index in [9.17, 15) is 18.4 Å².